The van der Waals surface area contributed by atoms with Crippen LogP contribution in [0.15, 0.2) is 0 Å². The fourth-order valence-corrected chi connectivity index (χ4v) is 1.35. The number of hydrogen-bond acceptors (Lipinski definition) is 3. The molecule has 0 atom stereocenters. The van der Waals surface area contributed by atoms with Crippen LogP contribution in [0.1, 0.15) is 19.3 Å². The molecule has 3 heteroatoms. The van der Waals surface area contributed by atoms with Crippen LogP contribution in [-0.4, -0.2) is 40.0 Å². The van der Waals surface area contributed by atoms with Crippen molar-refractivity contribution in [1.29, 1.82) is 0 Å². The third-order valence-corrected chi connectivity index (χ3v) is 2.48. The maximum absolute atomic E-state index is 5.51. The van der Waals surface area contributed by atoms with Gasteiger partial charge in [-0.25, -0.2) is 0 Å². The molecule has 0 aliphatic heterocycles. The molecule has 1 aliphatic rings. The molecule has 0 aromatic rings. The minimum atomic E-state index is 0.780. The van der Waals surface area contributed by atoms with Crippen LogP contribution in [-0.2, 0) is 9.47 Å². The number of hydrogen-bond donors (Lipinski definition) is 1. The molecule has 0 aromatic heterocycles. The van der Waals surface area contributed by atoms with E-state index < -0.39 is 0 Å². The average molecular weight is 187 g/mol. The van der Waals surface area contributed by atoms with Gasteiger partial charge in [-0.15, -0.1) is 0 Å². The van der Waals surface area contributed by atoms with Gasteiger partial charge in [-0.3, -0.25) is 0 Å². The Kier molecular flexibility index (Phi) is 6.15. The lowest BCUT2D eigenvalue weighted by atomic mass is 9.86. The van der Waals surface area contributed by atoms with Crippen LogP contribution in [0.5, 0.6) is 0 Å². The molecule has 0 unspecified atom stereocenters. The highest BCUT2D eigenvalue weighted by atomic mass is 16.5. The molecule has 0 aromatic carbocycles. The van der Waals surface area contributed by atoms with Gasteiger partial charge in [0.05, 0.1) is 13.2 Å². The SMILES string of the molecule is COCCNCCOCC1CCC1. The summed E-state index contributed by atoms with van der Waals surface area (Å²) < 4.78 is 10.4. The lowest BCUT2D eigenvalue weighted by molar-refractivity contribution is 0.0711. The van der Waals surface area contributed by atoms with Crippen molar-refractivity contribution in [2.75, 3.05) is 40.0 Å². The summed E-state index contributed by atoms with van der Waals surface area (Å²) in [4.78, 5) is 0. The molecular weight excluding hydrogens is 166 g/mol. The van der Waals surface area contributed by atoms with Crippen molar-refractivity contribution in [2.45, 2.75) is 19.3 Å². The molecule has 3 nitrogen and oxygen atoms in total. The minimum absolute atomic E-state index is 0.780. The molecule has 0 saturated heterocycles. The second-order valence-electron chi connectivity index (χ2n) is 3.61. The van der Waals surface area contributed by atoms with E-state index in [1.54, 1.807) is 7.11 Å². The molecule has 1 fully saturated rings. The van der Waals surface area contributed by atoms with E-state index in [4.69, 9.17) is 9.47 Å². The summed E-state index contributed by atoms with van der Waals surface area (Å²) in [6.45, 7) is 4.44. The van der Waals surface area contributed by atoms with Crippen LogP contribution in [0.25, 0.3) is 0 Å². The van der Waals surface area contributed by atoms with Gasteiger partial charge in [0.15, 0.2) is 0 Å². The quantitative estimate of drug-likeness (QED) is 0.576. The second-order valence-corrected chi connectivity index (χ2v) is 3.61. The Morgan fingerprint density at radius 2 is 2.00 bits per heavy atom. The first-order chi connectivity index (χ1) is 6.43. The van der Waals surface area contributed by atoms with Gasteiger partial charge >= 0.3 is 0 Å². The van der Waals surface area contributed by atoms with E-state index in [0.717, 1.165) is 38.8 Å². The van der Waals surface area contributed by atoms with E-state index in [1.165, 1.54) is 19.3 Å². The highest BCUT2D eigenvalue weighted by molar-refractivity contribution is 4.68. The normalized spacial score (nSPS) is 17.3. The Bertz CT molecular complexity index is 115. The Labute approximate surface area is 80.8 Å². The smallest absolute Gasteiger partial charge is 0.0591 e. The highest BCUT2D eigenvalue weighted by Gasteiger charge is 2.16. The van der Waals surface area contributed by atoms with Gasteiger partial charge < -0.3 is 14.8 Å². The summed E-state index contributed by atoms with van der Waals surface area (Å²) in [5.41, 5.74) is 0. The van der Waals surface area contributed by atoms with Crippen LogP contribution in [0, 0.1) is 5.92 Å². The monoisotopic (exact) mass is 187 g/mol. The van der Waals surface area contributed by atoms with Crippen LogP contribution in [0.2, 0.25) is 0 Å². The summed E-state index contributed by atoms with van der Waals surface area (Å²) in [5.74, 6) is 0.860. The lowest BCUT2D eigenvalue weighted by Crippen LogP contribution is -2.25. The van der Waals surface area contributed by atoms with E-state index in [2.05, 4.69) is 5.32 Å². The number of rotatable bonds is 8. The van der Waals surface area contributed by atoms with Gasteiger partial charge in [0.1, 0.15) is 0 Å². The second kappa shape index (κ2) is 7.30. The van der Waals surface area contributed by atoms with Crippen molar-refractivity contribution in [1.82, 2.24) is 5.32 Å². The molecular formula is C10H21NO2. The topological polar surface area (TPSA) is 30.5 Å². The summed E-state index contributed by atoms with van der Waals surface area (Å²) in [5, 5.41) is 3.25. The minimum Gasteiger partial charge on any atom is -0.383 e. The summed E-state index contributed by atoms with van der Waals surface area (Å²) in [7, 11) is 1.72. The van der Waals surface area contributed by atoms with Crippen molar-refractivity contribution in [3.63, 3.8) is 0 Å². The fraction of sp³-hybridized carbons (Fsp3) is 1.00. The van der Waals surface area contributed by atoms with Gasteiger partial charge in [0, 0.05) is 26.8 Å². The fourth-order valence-electron chi connectivity index (χ4n) is 1.35. The highest BCUT2D eigenvalue weighted by Crippen LogP contribution is 2.25. The Hall–Kier alpha value is -0.120. The number of ether oxygens (including phenoxy) is 2. The van der Waals surface area contributed by atoms with Gasteiger partial charge in [-0.05, 0) is 18.8 Å². The zero-order valence-electron chi connectivity index (χ0n) is 8.55. The van der Waals surface area contributed by atoms with Gasteiger partial charge in [-0.2, -0.15) is 0 Å². The van der Waals surface area contributed by atoms with E-state index in [0.29, 0.717) is 0 Å². The molecule has 0 spiro atoms. The summed E-state index contributed by atoms with van der Waals surface area (Å²) in [6, 6.07) is 0. The van der Waals surface area contributed by atoms with Crippen molar-refractivity contribution >= 4 is 0 Å². The molecule has 1 rings (SSSR count). The van der Waals surface area contributed by atoms with E-state index in [9.17, 15) is 0 Å². The van der Waals surface area contributed by atoms with Gasteiger partial charge in [0.2, 0.25) is 0 Å². The molecule has 0 radical (unpaired) electrons. The Morgan fingerprint density at radius 3 is 2.62 bits per heavy atom. The number of methoxy groups -OCH3 is 1. The predicted molar refractivity (Wildman–Crippen MR) is 52.9 cm³/mol. The summed E-state index contributed by atoms with van der Waals surface area (Å²) in [6.07, 6.45) is 4.15. The average Bonchev–Trinajstić information content (AvgIpc) is 2.07. The van der Waals surface area contributed by atoms with Gasteiger partial charge in [-0.1, -0.05) is 6.42 Å². The maximum Gasteiger partial charge on any atom is 0.0591 e. The van der Waals surface area contributed by atoms with Crippen LogP contribution in [0.4, 0.5) is 0 Å². The van der Waals surface area contributed by atoms with Crippen molar-refractivity contribution < 1.29 is 9.47 Å². The number of nitrogens with one attached hydrogen (secondary N) is 1. The molecule has 0 heterocycles. The Morgan fingerprint density at radius 1 is 1.23 bits per heavy atom. The van der Waals surface area contributed by atoms with E-state index >= 15 is 0 Å². The molecule has 1 saturated carbocycles. The van der Waals surface area contributed by atoms with E-state index in [-0.39, 0.29) is 0 Å². The molecule has 0 amide bonds. The molecule has 1 aliphatic carbocycles. The first kappa shape index (κ1) is 11.0. The predicted octanol–water partition coefficient (Wildman–Crippen LogP) is 1.04. The first-order valence-electron chi connectivity index (χ1n) is 5.21. The summed E-state index contributed by atoms with van der Waals surface area (Å²) >= 11 is 0. The third kappa shape index (κ3) is 5.24. The third-order valence-electron chi connectivity index (χ3n) is 2.48. The molecule has 1 N–H and O–H groups in total. The zero-order valence-corrected chi connectivity index (χ0v) is 8.55. The maximum atomic E-state index is 5.51. The molecule has 78 valence electrons. The molecule has 0 bridgehead atoms. The van der Waals surface area contributed by atoms with E-state index in [1.807, 2.05) is 0 Å². The van der Waals surface area contributed by atoms with Crippen LogP contribution >= 0.6 is 0 Å². The van der Waals surface area contributed by atoms with Gasteiger partial charge in [0.25, 0.3) is 0 Å². The largest absolute Gasteiger partial charge is 0.383 e. The zero-order chi connectivity index (χ0) is 9.36. The van der Waals surface area contributed by atoms with Crippen molar-refractivity contribution in [3.05, 3.63) is 0 Å². The standard InChI is InChI=1S/C10H21NO2/c1-12-7-5-11-6-8-13-9-10-3-2-4-10/h10-11H,2-9H2,1H3. The Balaban J connectivity index is 1.68. The first-order valence-corrected chi connectivity index (χ1v) is 5.21. The van der Waals surface area contributed by atoms with Crippen molar-refractivity contribution in [3.8, 4) is 0 Å². The molecule has 13 heavy (non-hydrogen) atoms. The van der Waals surface area contributed by atoms with Crippen LogP contribution < -0.4 is 5.32 Å². The van der Waals surface area contributed by atoms with Crippen LogP contribution in [0.3, 0.4) is 0 Å². The lowest BCUT2D eigenvalue weighted by Gasteiger charge is -2.24. The van der Waals surface area contributed by atoms with Crippen molar-refractivity contribution in [2.24, 2.45) is 5.92 Å².